The number of thioether (sulfide) groups is 1. The number of furan rings is 1. The summed E-state index contributed by atoms with van der Waals surface area (Å²) < 4.78 is 35.2. The fourth-order valence-electron chi connectivity index (χ4n) is 2.17. The maximum atomic E-state index is 14.4. The third kappa shape index (κ3) is 3.41. The average molecular weight is 364 g/mol. The second-order valence-electron chi connectivity index (χ2n) is 5.20. The fraction of sp³-hybridized carbons (Fsp3) is 0.188. The van der Waals surface area contributed by atoms with E-state index in [4.69, 9.17) is 4.42 Å². The minimum atomic E-state index is -3.70. The zero-order valence-corrected chi connectivity index (χ0v) is 14.2. The van der Waals surface area contributed by atoms with Gasteiger partial charge in [-0.2, -0.15) is 8.78 Å². The first-order valence-electron chi connectivity index (χ1n) is 7.22. The third-order valence-electron chi connectivity index (χ3n) is 3.53. The molecule has 0 radical (unpaired) electrons. The van der Waals surface area contributed by atoms with E-state index >= 15 is 0 Å². The molecule has 3 aromatic rings. The summed E-state index contributed by atoms with van der Waals surface area (Å²) in [7, 11) is 2.85. The summed E-state index contributed by atoms with van der Waals surface area (Å²) >= 11 is 0.0559. The molecule has 0 atom stereocenters. The van der Waals surface area contributed by atoms with E-state index in [1.165, 1.54) is 24.1 Å². The molecular weight excluding hydrogens is 350 g/mol. The van der Waals surface area contributed by atoms with Gasteiger partial charge in [-0.15, -0.1) is 10.2 Å². The Kier molecular flexibility index (Phi) is 4.58. The Balaban J connectivity index is 1.81. The molecule has 6 nitrogen and oxygen atoms in total. The minimum absolute atomic E-state index is 0.0559. The number of aromatic nitrogens is 3. The average Bonchev–Trinajstić information content (AvgIpc) is 3.25. The van der Waals surface area contributed by atoms with Gasteiger partial charge in [0, 0.05) is 19.8 Å². The van der Waals surface area contributed by atoms with Crippen LogP contribution in [-0.4, -0.2) is 33.0 Å². The van der Waals surface area contributed by atoms with E-state index in [1.54, 1.807) is 43.4 Å². The maximum absolute atomic E-state index is 14.4. The molecule has 0 fully saturated rings. The molecule has 0 aliphatic heterocycles. The summed E-state index contributed by atoms with van der Waals surface area (Å²) in [6, 6.07) is 9.89. The normalized spacial score (nSPS) is 11.5. The molecule has 0 unspecified atom stereocenters. The number of halogens is 2. The van der Waals surface area contributed by atoms with Crippen molar-refractivity contribution in [3.8, 4) is 11.4 Å². The lowest BCUT2D eigenvalue weighted by atomic mass is 10.3. The highest BCUT2D eigenvalue weighted by atomic mass is 32.2. The Labute approximate surface area is 146 Å². The van der Waals surface area contributed by atoms with Gasteiger partial charge in [0.1, 0.15) is 6.26 Å². The van der Waals surface area contributed by atoms with Gasteiger partial charge in [0.25, 0.3) is 0 Å². The van der Waals surface area contributed by atoms with Crippen LogP contribution in [0.5, 0.6) is 0 Å². The highest BCUT2D eigenvalue weighted by molar-refractivity contribution is 8.00. The number of benzene rings is 1. The molecule has 0 saturated heterocycles. The summed E-state index contributed by atoms with van der Waals surface area (Å²) in [6.45, 7) is 0. The van der Waals surface area contributed by atoms with Crippen LogP contribution < -0.4 is 4.90 Å². The lowest BCUT2D eigenvalue weighted by molar-refractivity contribution is -0.131. The van der Waals surface area contributed by atoms with Gasteiger partial charge in [0.2, 0.25) is 0 Å². The Bertz CT molecular complexity index is 866. The predicted molar refractivity (Wildman–Crippen MR) is 89.4 cm³/mol. The van der Waals surface area contributed by atoms with Crippen LogP contribution in [0.1, 0.15) is 0 Å². The number of hydrogen-bond acceptors (Lipinski definition) is 5. The Hall–Kier alpha value is -2.68. The lowest BCUT2D eigenvalue weighted by Crippen LogP contribution is -2.39. The van der Waals surface area contributed by atoms with Crippen molar-refractivity contribution in [2.24, 2.45) is 7.05 Å². The van der Waals surface area contributed by atoms with Crippen molar-refractivity contribution in [1.82, 2.24) is 14.8 Å². The van der Waals surface area contributed by atoms with E-state index in [1.807, 2.05) is 0 Å². The second-order valence-corrected chi connectivity index (χ2v) is 6.28. The molecule has 25 heavy (non-hydrogen) atoms. The van der Waals surface area contributed by atoms with Crippen LogP contribution in [0.25, 0.3) is 11.4 Å². The first-order valence-corrected chi connectivity index (χ1v) is 8.04. The smallest absolute Gasteiger partial charge is 0.378 e. The molecule has 2 heterocycles. The lowest BCUT2D eigenvalue weighted by Gasteiger charge is -2.22. The maximum Gasteiger partial charge on any atom is 0.378 e. The van der Waals surface area contributed by atoms with Crippen molar-refractivity contribution in [1.29, 1.82) is 0 Å². The van der Waals surface area contributed by atoms with Crippen LogP contribution >= 0.6 is 11.8 Å². The van der Waals surface area contributed by atoms with E-state index in [-0.39, 0.29) is 16.9 Å². The standard InChI is InChI=1S/C16H14F2N4O2S/c1-21(12-6-4-3-5-7-12)14(23)16(17,18)25-15-20-19-13(22(15)2)11-8-9-24-10-11/h3-10H,1-2H3. The van der Waals surface area contributed by atoms with Crippen molar-refractivity contribution in [3.63, 3.8) is 0 Å². The molecule has 0 N–H and O–H groups in total. The van der Waals surface area contributed by atoms with Crippen LogP contribution in [0.4, 0.5) is 14.5 Å². The third-order valence-corrected chi connectivity index (χ3v) is 4.50. The van der Waals surface area contributed by atoms with Crippen molar-refractivity contribution in [2.75, 3.05) is 11.9 Å². The molecule has 130 valence electrons. The zero-order valence-electron chi connectivity index (χ0n) is 13.4. The van der Waals surface area contributed by atoms with E-state index in [0.29, 0.717) is 17.1 Å². The van der Waals surface area contributed by atoms with Gasteiger partial charge < -0.3 is 13.9 Å². The molecule has 0 bridgehead atoms. The molecular formula is C16H14F2N4O2S. The first kappa shape index (κ1) is 17.2. The summed E-state index contributed by atoms with van der Waals surface area (Å²) in [5.41, 5.74) is 0.989. The molecule has 0 saturated carbocycles. The topological polar surface area (TPSA) is 64.2 Å². The number of rotatable bonds is 5. The van der Waals surface area contributed by atoms with Crippen LogP contribution in [0.3, 0.4) is 0 Å². The number of hydrogen-bond donors (Lipinski definition) is 0. The van der Waals surface area contributed by atoms with Crippen LogP contribution in [0, 0.1) is 0 Å². The van der Waals surface area contributed by atoms with Crippen molar-refractivity contribution in [3.05, 3.63) is 48.9 Å². The van der Waals surface area contributed by atoms with Gasteiger partial charge in [0.15, 0.2) is 11.0 Å². The highest BCUT2D eigenvalue weighted by Gasteiger charge is 2.44. The molecule has 0 aliphatic rings. The van der Waals surface area contributed by atoms with Gasteiger partial charge in [-0.1, -0.05) is 18.2 Å². The molecule has 3 rings (SSSR count). The number of carbonyl (C=O) groups excluding carboxylic acids is 1. The number of nitrogens with zero attached hydrogens (tertiary/aromatic N) is 4. The van der Waals surface area contributed by atoms with Gasteiger partial charge in [0.05, 0.1) is 11.8 Å². The van der Waals surface area contributed by atoms with Gasteiger partial charge >= 0.3 is 11.2 Å². The molecule has 1 amide bonds. The molecule has 1 aromatic carbocycles. The first-order chi connectivity index (χ1) is 11.9. The van der Waals surface area contributed by atoms with Crippen LogP contribution in [0.2, 0.25) is 0 Å². The number of anilines is 1. The van der Waals surface area contributed by atoms with Crippen molar-refractivity contribution < 1.29 is 18.0 Å². The summed E-state index contributed by atoms with van der Waals surface area (Å²) in [5, 5.41) is 3.86. The van der Waals surface area contributed by atoms with Crippen molar-refractivity contribution in [2.45, 2.75) is 10.4 Å². The summed E-state index contributed by atoms with van der Waals surface area (Å²) in [4.78, 5) is 13.1. The van der Waals surface area contributed by atoms with Crippen LogP contribution in [-0.2, 0) is 11.8 Å². The Morgan fingerprint density at radius 3 is 2.60 bits per heavy atom. The highest BCUT2D eigenvalue weighted by Crippen LogP contribution is 2.38. The molecule has 2 aromatic heterocycles. The van der Waals surface area contributed by atoms with Gasteiger partial charge in [-0.3, -0.25) is 4.79 Å². The van der Waals surface area contributed by atoms with Gasteiger partial charge in [-0.05, 0) is 30.0 Å². The SMILES string of the molecule is CN(C(=O)C(F)(F)Sc1nnc(-c2ccoc2)n1C)c1ccccc1. The zero-order chi connectivity index (χ0) is 18.0. The largest absolute Gasteiger partial charge is 0.472 e. The second kappa shape index (κ2) is 6.67. The number of alkyl halides is 2. The molecule has 0 spiro atoms. The summed E-state index contributed by atoms with van der Waals surface area (Å²) in [6.07, 6.45) is 2.88. The minimum Gasteiger partial charge on any atom is -0.472 e. The van der Waals surface area contributed by atoms with Crippen LogP contribution in [0.15, 0.2) is 58.5 Å². The predicted octanol–water partition coefficient (Wildman–Crippen LogP) is 3.42. The fourth-order valence-corrected chi connectivity index (χ4v) is 2.93. The Morgan fingerprint density at radius 2 is 1.96 bits per heavy atom. The van der Waals surface area contributed by atoms with E-state index < -0.39 is 11.2 Å². The van der Waals surface area contributed by atoms with Gasteiger partial charge in [-0.25, -0.2) is 0 Å². The monoisotopic (exact) mass is 364 g/mol. The quantitative estimate of drug-likeness (QED) is 0.649. The van der Waals surface area contributed by atoms with E-state index in [2.05, 4.69) is 10.2 Å². The number of amides is 1. The van der Waals surface area contributed by atoms with Crippen molar-refractivity contribution >= 4 is 23.4 Å². The van der Waals surface area contributed by atoms with E-state index in [0.717, 1.165) is 4.90 Å². The molecule has 9 heteroatoms. The summed E-state index contributed by atoms with van der Waals surface area (Å²) in [5.74, 6) is -0.965. The number of carbonyl (C=O) groups is 1. The van der Waals surface area contributed by atoms with E-state index in [9.17, 15) is 13.6 Å². The Morgan fingerprint density at radius 1 is 1.24 bits per heavy atom. The molecule has 0 aliphatic carbocycles. The number of para-hydroxylation sites is 1.